The van der Waals surface area contributed by atoms with E-state index in [4.69, 9.17) is 11.6 Å². The molecule has 1 aliphatic heterocycles. The number of piperidine rings is 1. The SMILES string of the molecule is CSc1ccc([C@@H](C)NC(=O)[C@H]2CCCN(c3ccc(Cl)nn3)C2)cc1. The Hall–Kier alpha value is -1.79. The average Bonchev–Trinajstić information content (AvgIpc) is 2.68. The minimum absolute atomic E-state index is 0.0101. The van der Waals surface area contributed by atoms with Crippen molar-refractivity contribution in [1.29, 1.82) is 0 Å². The lowest BCUT2D eigenvalue weighted by Gasteiger charge is -2.33. The highest BCUT2D eigenvalue weighted by molar-refractivity contribution is 7.98. The van der Waals surface area contributed by atoms with Crippen LogP contribution in [0.25, 0.3) is 0 Å². The van der Waals surface area contributed by atoms with Gasteiger partial charge in [-0.25, -0.2) is 0 Å². The highest BCUT2D eigenvalue weighted by Gasteiger charge is 2.27. The van der Waals surface area contributed by atoms with E-state index in [-0.39, 0.29) is 17.9 Å². The Morgan fingerprint density at radius 2 is 2.04 bits per heavy atom. The second kappa shape index (κ2) is 8.73. The van der Waals surface area contributed by atoms with E-state index in [1.165, 1.54) is 4.90 Å². The average molecular weight is 391 g/mol. The topological polar surface area (TPSA) is 58.1 Å². The van der Waals surface area contributed by atoms with Crippen LogP contribution in [0.1, 0.15) is 31.4 Å². The van der Waals surface area contributed by atoms with Crippen LogP contribution >= 0.6 is 23.4 Å². The summed E-state index contributed by atoms with van der Waals surface area (Å²) in [5, 5.41) is 11.6. The lowest BCUT2D eigenvalue weighted by Crippen LogP contribution is -2.44. The van der Waals surface area contributed by atoms with Gasteiger partial charge < -0.3 is 10.2 Å². The number of hydrogen-bond donors (Lipinski definition) is 1. The minimum Gasteiger partial charge on any atom is -0.354 e. The molecular weight excluding hydrogens is 368 g/mol. The van der Waals surface area contributed by atoms with E-state index in [0.717, 1.165) is 30.8 Å². The number of thioether (sulfide) groups is 1. The molecule has 2 aromatic rings. The maximum Gasteiger partial charge on any atom is 0.225 e. The molecule has 7 heteroatoms. The molecule has 1 aromatic carbocycles. The third-order valence-electron chi connectivity index (χ3n) is 4.71. The number of hydrogen-bond acceptors (Lipinski definition) is 5. The van der Waals surface area contributed by atoms with Gasteiger partial charge >= 0.3 is 0 Å². The van der Waals surface area contributed by atoms with Gasteiger partial charge in [-0.2, -0.15) is 0 Å². The van der Waals surface area contributed by atoms with Crippen LogP contribution in [0.5, 0.6) is 0 Å². The molecule has 0 bridgehead atoms. The standard InChI is InChI=1S/C19H23ClN4OS/c1-13(14-5-7-16(26-2)8-6-14)21-19(25)15-4-3-11-24(12-15)18-10-9-17(20)22-23-18/h5-10,13,15H,3-4,11-12H2,1-2H3,(H,21,25)/t13-,15+/m1/s1. The van der Waals surface area contributed by atoms with Gasteiger partial charge in [0.05, 0.1) is 12.0 Å². The molecule has 3 rings (SSSR count). The molecule has 1 saturated heterocycles. The summed E-state index contributed by atoms with van der Waals surface area (Å²) in [5.74, 6) is 0.819. The molecule has 0 aliphatic carbocycles. The molecular formula is C19H23ClN4OS. The summed E-state index contributed by atoms with van der Waals surface area (Å²) in [5.41, 5.74) is 1.12. The number of anilines is 1. The van der Waals surface area contributed by atoms with E-state index in [1.54, 1.807) is 17.8 Å². The molecule has 2 atom stereocenters. The van der Waals surface area contributed by atoms with Crippen molar-refractivity contribution < 1.29 is 4.79 Å². The Morgan fingerprint density at radius 1 is 1.27 bits per heavy atom. The number of rotatable bonds is 5. The number of halogens is 1. The molecule has 1 amide bonds. The second-order valence-electron chi connectivity index (χ2n) is 6.50. The first-order valence-corrected chi connectivity index (χ1v) is 10.4. The van der Waals surface area contributed by atoms with E-state index >= 15 is 0 Å². The lowest BCUT2D eigenvalue weighted by molar-refractivity contribution is -0.125. The van der Waals surface area contributed by atoms with Crippen LogP contribution in [0.3, 0.4) is 0 Å². The molecule has 1 N–H and O–H groups in total. The van der Waals surface area contributed by atoms with Crippen molar-refractivity contribution in [2.75, 3.05) is 24.2 Å². The molecule has 26 heavy (non-hydrogen) atoms. The number of nitrogens with one attached hydrogen (secondary N) is 1. The zero-order valence-corrected chi connectivity index (χ0v) is 16.6. The predicted octanol–water partition coefficient (Wildman–Crippen LogP) is 3.95. The zero-order valence-electron chi connectivity index (χ0n) is 15.0. The van der Waals surface area contributed by atoms with Crippen LogP contribution in [-0.4, -0.2) is 35.4 Å². The molecule has 1 aliphatic rings. The van der Waals surface area contributed by atoms with Crippen molar-refractivity contribution >= 4 is 35.1 Å². The second-order valence-corrected chi connectivity index (χ2v) is 7.77. The van der Waals surface area contributed by atoms with Crippen LogP contribution in [0, 0.1) is 5.92 Å². The van der Waals surface area contributed by atoms with Gasteiger partial charge in [0.15, 0.2) is 11.0 Å². The Kier molecular flexibility index (Phi) is 6.38. The van der Waals surface area contributed by atoms with Crippen molar-refractivity contribution in [2.45, 2.75) is 30.7 Å². The van der Waals surface area contributed by atoms with E-state index in [2.05, 4.69) is 50.9 Å². The molecule has 0 radical (unpaired) electrons. The summed E-state index contributed by atoms with van der Waals surface area (Å²) in [4.78, 5) is 16.1. The van der Waals surface area contributed by atoms with Crippen molar-refractivity contribution in [3.05, 3.63) is 47.1 Å². The lowest BCUT2D eigenvalue weighted by atomic mass is 9.96. The van der Waals surface area contributed by atoms with Crippen molar-refractivity contribution in [3.63, 3.8) is 0 Å². The summed E-state index contributed by atoms with van der Waals surface area (Å²) in [6, 6.07) is 11.9. The van der Waals surface area contributed by atoms with Crippen molar-refractivity contribution in [2.24, 2.45) is 5.92 Å². The summed E-state index contributed by atoms with van der Waals surface area (Å²) in [6.07, 6.45) is 3.90. The minimum atomic E-state index is -0.0471. The molecule has 0 spiro atoms. The number of amides is 1. The van der Waals surface area contributed by atoms with Gasteiger partial charge in [0.1, 0.15) is 0 Å². The molecule has 0 saturated carbocycles. The Morgan fingerprint density at radius 3 is 2.69 bits per heavy atom. The van der Waals surface area contributed by atoms with Gasteiger partial charge in [-0.1, -0.05) is 23.7 Å². The fourth-order valence-corrected chi connectivity index (χ4v) is 3.69. The maximum absolute atomic E-state index is 12.7. The number of benzene rings is 1. The third-order valence-corrected chi connectivity index (χ3v) is 5.65. The van der Waals surface area contributed by atoms with E-state index in [9.17, 15) is 4.79 Å². The van der Waals surface area contributed by atoms with Crippen LogP contribution < -0.4 is 10.2 Å². The fraction of sp³-hybridized carbons (Fsp3) is 0.421. The van der Waals surface area contributed by atoms with Gasteiger partial charge in [-0.15, -0.1) is 22.0 Å². The first-order chi connectivity index (χ1) is 12.6. The fourth-order valence-electron chi connectivity index (χ4n) is 3.18. The van der Waals surface area contributed by atoms with Gasteiger partial charge in [-0.3, -0.25) is 4.79 Å². The highest BCUT2D eigenvalue weighted by atomic mass is 35.5. The van der Waals surface area contributed by atoms with E-state index < -0.39 is 0 Å². The first kappa shape index (κ1) is 19.0. The Bertz CT molecular complexity index is 738. The van der Waals surface area contributed by atoms with Gasteiger partial charge in [-0.05, 0) is 55.9 Å². The molecule has 5 nitrogen and oxygen atoms in total. The maximum atomic E-state index is 12.7. The predicted molar refractivity (Wildman–Crippen MR) is 107 cm³/mol. The summed E-state index contributed by atoms with van der Waals surface area (Å²) in [6.45, 7) is 3.56. The van der Waals surface area contributed by atoms with Crippen LogP contribution in [-0.2, 0) is 4.79 Å². The molecule has 0 unspecified atom stereocenters. The third kappa shape index (κ3) is 4.68. The molecule has 2 heterocycles. The van der Waals surface area contributed by atoms with Crippen molar-refractivity contribution in [1.82, 2.24) is 15.5 Å². The van der Waals surface area contributed by atoms with Gasteiger partial charge in [0.25, 0.3) is 0 Å². The summed E-state index contributed by atoms with van der Waals surface area (Å²) >= 11 is 7.52. The van der Waals surface area contributed by atoms with Crippen LogP contribution in [0.2, 0.25) is 5.15 Å². The number of carbonyl (C=O) groups excluding carboxylic acids is 1. The number of aromatic nitrogens is 2. The Labute approximate surface area is 163 Å². The van der Waals surface area contributed by atoms with Crippen LogP contribution in [0.15, 0.2) is 41.3 Å². The normalized spacial score (nSPS) is 18.4. The molecule has 138 valence electrons. The number of nitrogens with zero attached hydrogens (tertiary/aromatic N) is 3. The van der Waals surface area contributed by atoms with Gasteiger partial charge in [0, 0.05) is 18.0 Å². The van der Waals surface area contributed by atoms with Crippen LogP contribution in [0.4, 0.5) is 5.82 Å². The van der Waals surface area contributed by atoms with Crippen molar-refractivity contribution in [3.8, 4) is 0 Å². The van der Waals surface area contributed by atoms with Gasteiger partial charge in [0.2, 0.25) is 5.91 Å². The molecule has 1 fully saturated rings. The Balaban J connectivity index is 1.60. The quantitative estimate of drug-likeness (QED) is 0.783. The van der Waals surface area contributed by atoms with E-state index in [0.29, 0.717) is 11.7 Å². The zero-order chi connectivity index (χ0) is 18.5. The van der Waals surface area contributed by atoms with E-state index in [1.807, 2.05) is 13.0 Å². The largest absolute Gasteiger partial charge is 0.354 e. The summed E-state index contributed by atoms with van der Waals surface area (Å²) in [7, 11) is 0. The smallest absolute Gasteiger partial charge is 0.225 e. The monoisotopic (exact) mass is 390 g/mol. The number of carbonyl (C=O) groups is 1. The summed E-state index contributed by atoms with van der Waals surface area (Å²) < 4.78 is 0. The molecule has 1 aromatic heterocycles. The highest BCUT2D eigenvalue weighted by Crippen LogP contribution is 2.24. The first-order valence-electron chi connectivity index (χ1n) is 8.75.